The van der Waals surface area contributed by atoms with Crippen molar-refractivity contribution in [3.05, 3.63) is 61.0 Å². The van der Waals surface area contributed by atoms with Crippen LogP contribution in [0.1, 0.15) is 5.56 Å². The lowest BCUT2D eigenvalue weighted by Crippen LogP contribution is -2.28. The molecule has 0 fully saturated rings. The molecule has 0 unspecified atom stereocenters. The van der Waals surface area contributed by atoms with Crippen molar-refractivity contribution < 1.29 is 4.39 Å². The zero-order valence-electron chi connectivity index (χ0n) is 9.00. The van der Waals surface area contributed by atoms with Gasteiger partial charge in [0.2, 0.25) is 0 Å². The molecule has 4 nitrogen and oxygen atoms in total. The molecule has 0 radical (unpaired) electrons. The molecule has 0 atom stereocenters. The Bertz CT molecular complexity index is 683. The minimum absolute atomic E-state index is 0.330. The average molecular weight is 331 g/mol. The maximum absolute atomic E-state index is 13.3. The Labute approximate surface area is 114 Å². The fourth-order valence-electron chi connectivity index (χ4n) is 1.27. The van der Waals surface area contributed by atoms with Crippen molar-refractivity contribution in [3.63, 3.8) is 0 Å². The van der Waals surface area contributed by atoms with Crippen LogP contribution in [0.25, 0.3) is 0 Å². The molecule has 0 amide bonds. The van der Waals surface area contributed by atoms with E-state index in [1.165, 1.54) is 24.0 Å². The summed E-state index contributed by atoms with van der Waals surface area (Å²) < 4.78 is 13.7. The summed E-state index contributed by atoms with van der Waals surface area (Å²) in [6.07, 6.45) is 1.42. The van der Waals surface area contributed by atoms with Crippen molar-refractivity contribution in [2.45, 2.75) is 10.8 Å². The van der Waals surface area contributed by atoms with Gasteiger partial charge in [0.05, 0.1) is 9.50 Å². The molecule has 0 saturated carbocycles. The van der Waals surface area contributed by atoms with Gasteiger partial charge in [-0.15, -0.1) is 11.8 Å². The predicted molar refractivity (Wildman–Crippen MR) is 71.3 cm³/mol. The molecule has 2 aromatic rings. The summed E-state index contributed by atoms with van der Waals surface area (Å²) >= 11 is 4.38. The van der Waals surface area contributed by atoms with E-state index in [-0.39, 0.29) is 5.82 Å². The summed E-state index contributed by atoms with van der Waals surface area (Å²) in [6, 6.07) is 4.83. The summed E-state index contributed by atoms with van der Waals surface area (Å²) in [6.45, 7) is 0. The average Bonchev–Trinajstić information content (AvgIpc) is 2.35. The topological polar surface area (TPSA) is 65.7 Å². The molecule has 1 heterocycles. The highest BCUT2D eigenvalue weighted by atomic mass is 79.9. The van der Waals surface area contributed by atoms with E-state index < -0.39 is 11.1 Å². The highest BCUT2D eigenvalue weighted by Crippen LogP contribution is 2.22. The molecular formula is C11H8BrFN2O2S. The number of benzene rings is 1. The molecule has 1 aromatic carbocycles. The molecule has 7 heteroatoms. The first-order valence-electron chi connectivity index (χ1n) is 4.95. The minimum Gasteiger partial charge on any atom is -0.322 e. The van der Waals surface area contributed by atoms with Crippen LogP contribution in [0.4, 0.5) is 4.39 Å². The van der Waals surface area contributed by atoms with Crippen molar-refractivity contribution in [3.8, 4) is 0 Å². The summed E-state index contributed by atoms with van der Waals surface area (Å²) in [5.41, 5.74) is -0.594. The molecular weight excluding hydrogens is 323 g/mol. The van der Waals surface area contributed by atoms with Crippen LogP contribution in [0, 0.1) is 5.82 Å². The number of hydrogen-bond acceptors (Lipinski definition) is 3. The van der Waals surface area contributed by atoms with E-state index in [0.717, 1.165) is 5.56 Å². The van der Waals surface area contributed by atoms with Gasteiger partial charge in [-0.05, 0) is 33.6 Å². The molecule has 2 N–H and O–H groups in total. The first-order valence-corrected chi connectivity index (χ1v) is 6.73. The second-order valence-corrected chi connectivity index (χ2v) is 5.34. The van der Waals surface area contributed by atoms with E-state index in [4.69, 9.17) is 0 Å². The van der Waals surface area contributed by atoms with Gasteiger partial charge in [-0.1, -0.05) is 6.07 Å². The van der Waals surface area contributed by atoms with Gasteiger partial charge in [0.25, 0.3) is 0 Å². The number of aromatic nitrogens is 2. The number of rotatable bonds is 3. The lowest BCUT2D eigenvalue weighted by molar-refractivity contribution is 0.620. The maximum Gasteiger partial charge on any atom is 0.314 e. The van der Waals surface area contributed by atoms with Gasteiger partial charge < -0.3 is 9.97 Å². The second kappa shape index (κ2) is 5.53. The Morgan fingerprint density at radius 1 is 1.28 bits per heavy atom. The fraction of sp³-hybridized carbons (Fsp3) is 0.0909. The lowest BCUT2D eigenvalue weighted by atomic mass is 10.2. The highest BCUT2D eigenvalue weighted by Gasteiger charge is 2.03. The third-order valence-electron chi connectivity index (χ3n) is 2.16. The van der Waals surface area contributed by atoms with E-state index in [0.29, 0.717) is 15.3 Å². The molecule has 18 heavy (non-hydrogen) atoms. The Kier molecular flexibility index (Phi) is 4.03. The number of halogens is 2. The van der Waals surface area contributed by atoms with Crippen LogP contribution in [0.3, 0.4) is 0 Å². The summed E-state index contributed by atoms with van der Waals surface area (Å²) in [5.74, 6) is 0.162. The van der Waals surface area contributed by atoms with E-state index in [1.807, 2.05) is 0 Å². The molecule has 0 saturated heterocycles. The lowest BCUT2D eigenvalue weighted by Gasteiger charge is -2.02. The molecule has 0 aliphatic heterocycles. The summed E-state index contributed by atoms with van der Waals surface area (Å²) in [7, 11) is 0. The standard InChI is InChI=1S/C11H8BrFN2O2S/c12-7-2-1-6(3-8(7)13)5-18-9-4-14-10(16)11(17)15-9/h1-4H,5H2,(H,14,16)(H,15,17). The smallest absolute Gasteiger partial charge is 0.314 e. The van der Waals surface area contributed by atoms with Crippen molar-refractivity contribution >= 4 is 27.7 Å². The van der Waals surface area contributed by atoms with Gasteiger partial charge in [-0.25, -0.2) is 4.39 Å². The van der Waals surface area contributed by atoms with Crippen LogP contribution in [0.15, 0.2) is 43.5 Å². The monoisotopic (exact) mass is 330 g/mol. The van der Waals surface area contributed by atoms with Crippen molar-refractivity contribution in [1.29, 1.82) is 0 Å². The van der Waals surface area contributed by atoms with Crippen LogP contribution >= 0.6 is 27.7 Å². The van der Waals surface area contributed by atoms with Crippen molar-refractivity contribution in [1.82, 2.24) is 9.97 Å². The maximum atomic E-state index is 13.3. The van der Waals surface area contributed by atoms with Gasteiger partial charge in [0.15, 0.2) is 0 Å². The van der Waals surface area contributed by atoms with E-state index in [2.05, 4.69) is 25.9 Å². The van der Waals surface area contributed by atoms with Crippen LogP contribution in [-0.4, -0.2) is 9.97 Å². The molecule has 0 aliphatic carbocycles. The zero-order chi connectivity index (χ0) is 13.1. The van der Waals surface area contributed by atoms with E-state index in [9.17, 15) is 14.0 Å². The van der Waals surface area contributed by atoms with Gasteiger partial charge in [-0.2, -0.15) is 0 Å². The van der Waals surface area contributed by atoms with Gasteiger partial charge in [-0.3, -0.25) is 9.59 Å². The van der Waals surface area contributed by atoms with Crippen molar-refractivity contribution in [2.75, 3.05) is 0 Å². The fourth-order valence-corrected chi connectivity index (χ4v) is 2.33. The van der Waals surface area contributed by atoms with E-state index >= 15 is 0 Å². The third kappa shape index (κ3) is 3.11. The van der Waals surface area contributed by atoms with E-state index in [1.54, 1.807) is 12.1 Å². The first-order chi connectivity index (χ1) is 8.56. The highest BCUT2D eigenvalue weighted by molar-refractivity contribution is 9.10. The van der Waals surface area contributed by atoms with Gasteiger partial charge in [0.1, 0.15) is 5.82 Å². The quantitative estimate of drug-likeness (QED) is 0.670. The largest absolute Gasteiger partial charge is 0.322 e. The Morgan fingerprint density at radius 3 is 2.72 bits per heavy atom. The molecule has 0 spiro atoms. The second-order valence-electron chi connectivity index (χ2n) is 3.47. The number of thioether (sulfide) groups is 1. The summed E-state index contributed by atoms with van der Waals surface area (Å²) in [4.78, 5) is 26.7. The molecule has 2 rings (SSSR count). The van der Waals surface area contributed by atoms with Gasteiger partial charge >= 0.3 is 11.1 Å². The van der Waals surface area contributed by atoms with Gasteiger partial charge in [0, 0.05) is 11.9 Å². The Balaban J connectivity index is 2.11. The molecule has 94 valence electrons. The predicted octanol–water partition coefficient (Wildman–Crippen LogP) is 2.26. The van der Waals surface area contributed by atoms with Crippen LogP contribution in [0.2, 0.25) is 0 Å². The zero-order valence-corrected chi connectivity index (χ0v) is 11.4. The van der Waals surface area contributed by atoms with Crippen LogP contribution in [-0.2, 0) is 5.75 Å². The number of H-pyrrole nitrogens is 2. The number of nitrogens with one attached hydrogen (secondary N) is 2. The molecule has 0 bridgehead atoms. The summed E-state index contributed by atoms with van der Waals surface area (Å²) in [5, 5.41) is 0.530. The normalized spacial score (nSPS) is 10.6. The SMILES string of the molecule is O=c1[nH]cc(SCc2ccc(Br)c(F)c2)[nH]c1=O. The first kappa shape index (κ1) is 13.1. The third-order valence-corrected chi connectivity index (χ3v) is 3.81. The van der Waals surface area contributed by atoms with Crippen LogP contribution in [0.5, 0.6) is 0 Å². The Hall–Kier alpha value is -1.34. The Morgan fingerprint density at radius 2 is 2.06 bits per heavy atom. The molecule has 1 aromatic heterocycles. The minimum atomic E-state index is -0.693. The molecule has 0 aliphatic rings. The van der Waals surface area contributed by atoms with Crippen molar-refractivity contribution in [2.24, 2.45) is 0 Å². The number of hydrogen-bond donors (Lipinski definition) is 2. The number of aromatic amines is 2. The van der Waals surface area contributed by atoms with Crippen LogP contribution < -0.4 is 11.1 Å².